The van der Waals surface area contributed by atoms with Gasteiger partial charge < -0.3 is 19.7 Å². The van der Waals surface area contributed by atoms with Crippen LogP contribution in [0.15, 0.2) is 23.1 Å². The Labute approximate surface area is 161 Å². The number of nitrogens with zero attached hydrogens (tertiary/aromatic N) is 1. The van der Waals surface area contributed by atoms with Gasteiger partial charge in [0.05, 0.1) is 30.7 Å². The Balaban J connectivity index is 1.59. The maximum atomic E-state index is 13.3. The van der Waals surface area contributed by atoms with E-state index in [2.05, 4.69) is 5.32 Å². The number of carbonyl (C=O) groups excluding carboxylic acids is 3. The molecule has 0 bridgehead atoms. The molecule has 27 heavy (non-hydrogen) atoms. The summed E-state index contributed by atoms with van der Waals surface area (Å²) in [6, 6.07) is 5.33. The summed E-state index contributed by atoms with van der Waals surface area (Å²) in [5.74, 6) is -0.162. The number of piperidine rings is 1. The largest absolute Gasteiger partial charge is 0.467 e. The standard InChI is InChI=1S/C19H22N2O5S/c1-10-3-5-14-13(8-15(26-14)19(24)25-2)21(10)18(23)11-4-6-16-12(7-11)20-17(22)9-27-16/h4,6-7,10,13-15H,3,5,8-9H2,1-2H3,(H,20,22). The van der Waals surface area contributed by atoms with Gasteiger partial charge in [0.2, 0.25) is 5.91 Å². The highest BCUT2D eigenvalue weighted by Gasteiger charge is 2.47. The van der Waals surface area contributed by atoms with Gasteiger partial charge in [0.15, 0.2) is 6.10 Å². The minimum Gasteiger partial charge on any atom is -0.467 e. The predicted octanol–water partition coefficient (Wildman–Crippen LogP) is 2.05. The zero-order chi connectivity index (χ0) is 19.1. The molecular weight excluding hydrogens is 368 g/mol. The monoisotopic (exact) mass is 390 g/mol. The van der Waals surface area contributed by atoms with Crippen LogP contribution in [0.1, 0.15) is 36.5 Å². The number of fused-ring (bicyclic) bond motifs is 2. The highest BCUT2D eigenvalue weighted by Crippen LogP contribution is 2.37. The summed E-state index contributed by atoms with van der Waals surface area (Å²) in [6.07, 6.45) is 1.32. The van der Waals surface area contributed by atoms with Crippen LogP contribution >= 0.6 is 11.8 Å². The summed E-state index contributed by atoms with van der Waals surface area (Å²) >= 11 is 1.47. The predicted molar refractivity (Wildman–Crippen MR) is 99.7 cm³/mol. The average Bonchev–Trinajstić information content (AvgIpc) is 3.10. The van der Waals surface area contributed by atoms with Gasteiger partial charge in [-0.15, -0.1) is 11.8 Å². The first kappa shape index (κ1) is 18.3. The van der Waals surface area contributed by atoms with Crippen molar-refractivity contribution in [1.82, 2.24) is 4.90 Å². The second kappa shape index (κ2) is 7.16. The van der Waals surface area contributed by atoms with Crippen LogP contribution in [-0.2, 0) is 19.1 Å². The number of anilines is 1. The van der Waals surface area contributed by atoms with E-state index >= 15 is 0 Å². The van der Waals surface area contributed by atoms with E-state index in [1.807, 2.05) is 17.9 Å². The number of rotatable bonds is 2. The van der Waals surface area contributed by atoms with Crippen molar-refractivity contribution in [1.29, 1.82) is 0 Å². The van der Waals surface area contributed by atoms with E-state index in [0.717, 1.165) is 17.7 Å². The lowest BCUT2D eigenvalue weighted by Gasteiger charge is -2.41. The van der Waals surface area contributed by atoms with Crippen molar-refractivity contribution in [2.45, 2.75) is 55.4 Å². The topological polar surface area (TPSA) is 84.9 Å². The van der Waals surface area contributed by atoms with E-state index in [-0.39, 0.29) is 30.0 Å². The van der Waals surface area contributed by atoms with Crippen LogP contribution in [-0.4, -0.2) is 59.8 Å². The number of thioether (sulfide) groups is 1. The molecule has 2 fully saturated rings. The SMILES string of the molecule is COC(=O)C1CC2C(CCC(C)N2C(=O)c2ccc3c(c2)NC(=O)CS3)O1. The zero-order valence-corrected chi connectivity index (χ0v) is 16.1. The van der Waals surface area contributed by atoms with E-state index in [0.29, 0.717) is 23.4 Å². The number of hydrogen-bond acceptors (Lipinski definition) is 6. The average molecular weight is 390 g/mol. The number of likely N-dealkylation sites (tertiary alicyclic amines) is 1. The number of nitrogens with one attached hydrogen (secondary N) is 1. The Hall–Kier alpha value is -2.06. The van der Waals surface area contributed by atoms with Crippen LogP contribution in [0.3, 0.4) is 0 Å². The second-order valence-electron chi connectivity index (χ2n) is 7.18. The van der Waals surface area contributed by atoms with Gasteiger partial charge in [-0.25, -0.2) is 4.79 Å². The van der Waals surface area contributed by atoms with Gasteiger partial charge in [-0.05, 0) is 38.0 Å². The van der Waals surface area contributed by atoms with Gasteiger partial charge in [0.1, 0.15) is 0 Å². The number of amides is 2. The lowest BCUT2D eigenvalue weighted by Crippen LogP contribution is -2.53. The maximum absolute atomic E-state index is 13.3. The molecule has 144 valence electrons. The molecule has 4 unspecified atom stereocenters. The van der Waals surface area contributed by atoms with E-state index in [1.54, 1.807) is 12.1 Å². The first-order valence-corrected chi connectivity index (χ1v) is 10.1. The molecule has 2 saturated heterocycles. The van der Waals surface area contributed by atoms with E-state index < -0.39 is 12.1 Å². The number of hydrogen-bond donors (Lipinski definition) is 1. The molecule has 0 aliphatic carbocycles. The van der Waals surface area contributed by atoms with Gasteiger partial charge in [-0.2, -0.15) is 0 Å². The smallest absolute Gasteiger partial charge is 0.335 e. The quantitative estimate of drug-likeness (QED) is 0.778. The summed E-state index contributed by atoms with van der Waals surface area (Å²) < 4.78 is 10.7. The fourth-order valence-corrected chi connectivity index (χ4v) is 4.94. The Morgan fingerprint density at radius 2 is 2.15 bits per heavy atom. The number of carbonyl (C=O) groups is 3. The van der Waals surface area contributed by atoms with Gasteiger partial charge in [-0.1, -0.05) is 0 Å². The molecule has 0 spiro atoms. The van der Waals surface area contributed by atoms with Crippen LogP contribution in [0.4, 0.5) is 5.69 Å². The number of methoxy groups -OCH3 is 1. The highest BCUT2D eigenvalue weighted by atomic mass is 32.2. The molecule has 1 aromatic rings. The van der Waals surface area contributed by atoms with E-state index in [4.69, 9.17) is 9.47 Å². The van der Waals surface area contributed by atoms with Crippen LogP contribution in [0.5, 0.6) is 0 Å². The molecule has 3 heterocycles. The number of esters is 1. The van der Waals surface area contributed by atoms with Crippen LogP contribution < -0.4 is 5.32 Å². The highest BCUT2D eigenvalue weighted by molar-refractivity contribution is 8.00. The van der Waals surface area contributed by atoms with Crippen molar-refractivity contribution in [2.24, 2.45) is 0 Å². The molecule has 0 aromatic heterocycles. The number of ether oxygens (including phenoxy) is 2. The van der Waals surface area contributed by atoms with Crippen molar-refractivity contribution in [3.8, 4) is 0 Å². The molecule has 0 saturated carbocycles. The molecule has 8 heteroatoms. The molecule has 1 N–H and O–H groups in total. The van der Waals surface area contributed by atoms with Gasteiger partial charge in [0.25, 0.3) is 5.91 Å². The van der Waals surface area contributed by atoms with E-state index in [1.165, 1.54) is 18.9 Å². The van der Waals surface area contributed by atoms with Crippen molar-refractivity contribution in [3.63, 3.8) is 0 Å². The molecule has 4 rings (SSSR count). The molecule has 2 amide bonds. The normalized spacial score (nSPS) is 29.6. The van der Waals surface area contributed by atoms with Crippen molar-refractivity contribution in [2.75, 3.05) is 18.2 Å². The van der Waals surface area contributed by atoms with Gasteiger partial charge >= 0.3 is 5.97 Å². The Kier molecular flexibility index (Phi) is 4.86. The number of benzene rings is 1. The summed E-state index contributed by atoms with van der Waals surface area (Å²) in [6.45, 7) is 2.02. The first-order valence-electron chi connectivity index (χ1n) is 9.10. The molecule has 0 radical (unpaired) electrons. The molecule has 4 atom stereocenters. The van der Waals surface area contributed by atoms with Crippen molar-refractivity contribution >= 4 is 35.2 Å². The Bertz CT molecular complexity index is 798. The third kappa shape index (κ3) is 3.32. The maximum Gasteiger partial charge on any atom is 0.335 e. The minimum absolute atomic E-state index is 0.0544. The van der Waals surface area contributed by atoms with Crippen molar-refractivity contribution in [3.05, 3.63) is 23.8 Å². The summed E-state index contributed by atoms with van der Waals surface area (Å²) in [7, 11) is 1.35. The van der Waals surface area contributed by atoms with Crippen LogP contribution in [0, 0.1) is 0 Å². The lowest BCUT2D eigenvalue weighted by atomic mass is 9.91. The van der Waals surface area contributed by atoms with E-state index in [9.17, 15) is 14.4 Å². The molecule has 3 aliphatic heterocycles. The van der Waals surface area contributed by atoms with Gasteiger partial charge in [0, 0.05) is 22.9 Å². The Morgan fingerprint density at radius 1 is 1.33 bits per heavy atom. The molecular formula is C19H22N2O5S. The fraction of sp³-hybridized carbons (Fsp3) is 0.526. The van der Waals surface area contributed by atoms with Crippen molar-refractivity contribution < 1.29 is 23.9 Å². The third-order valence-electron chi connectivity index (χ3n) is 5.48. The summed E-state index contributed by atoms with van der Waals surface area (Å²) in [5.41, 5.74) is 1.21. The first-order chi connectivity index (χ1) is 13.0. The Morgan fingerprint density at radius 3 is 2.93 bits per heavy atom. The van der Waals surface area contributed by atoms with Gasteiger partial charge in [-0.3, -0.25) is 9.59 Å². The summed E-state index contributed by atoms with van der Waals surface area (Å²) in [4.78, 5) is 39.6. The summed E-state index contributed by atoms with van der Waals surface area (Å²) in [5, 5.41) is 2.83. The zero-order valence-electron chi connectivity index (χ0n) is 15.3. The molecule has 7 nitrogen and oxygen atoms in total. The third-order valence-corrected chi connectivity index (χ3v) is 6.56. The lowest BCUT2D eigenvalue weighted by molar-refractivity contribution is -0.153. The van der Waals surface area contributed by atoms with Crippen LogP contribution in [0.25, 0.3) is 0 Å². The van der Waals surface area contributed by atoms with Crippen LogP contribution in [0.2, 0.25) is 0 Å². The second-order valence-corrected chi connectivity index (χ2v) is 8.19. The fourth-order valence-electron chi connectivity index (χ4n) is 4.15. The minimum atomic E-state index is -0.621. The molecule has 1 aromatic carbocycles. The molecule has 3 aliphatic rings.